The van der Waals surface area contributed by atoms with Gasteiger partial charge in [-0.2, -0.15) is 0 Å². The summed E-state index contributed by atoms with van der Waals surface area (Å²) in [5, 5.41) is 0. The summed E-state index contributed by atoms with van der Waals surface area (Å²) in [6, 6.07) is 0. The zero-order chi connectivity index (χ0) is 8.97. The summed E-state index contributed by atoms with van der Waals surface area (Å²) in [4.78, 5) is 22.1. The molecule has 0 N–H and O–H groups in total. The van der Waals surface area contributed by atoms with Gasteiger partial charge in [0.15, 0.2) is 5.92 Å². The summed E-state index contributed by atoms with van der Waals surface area (Å²) in [5.41, 5.74) is 0. The predicted molar refractivity (Wildman–Crippen MR) is 47.0 cm³/mol. The molecule has 4 nitrogen and oxygen atoms in total. The molecule has 4 heteroatoms. The van der Waals surface area contributed by atoms with E-state index in [1.165, 1.54) is 0 Å². The van der Waals surface area contributed by atoms with Crippen molar-refractivity contribution in [3.63, 3.8) is 0 Å². The van der Waals surface area contributed by atoms with E-state index in [1.54, 1.807) is 6.92 Å². The highest BCUT2D eigenvalue weighted by molar-refractivity contribution is 5.95. The van der Waals surface area contributed by atoms with E-state index in [0.717, 1.165) is 6.42 Å². The van der Waals surface area contributed by atoms with Crippen LogP contribution in [-0.4, -0.2) is 25.2 Å². The van der Waals surface area contributed by atoms with Crippen LogP contribution in [0.25, 0.3) is 0 Å². The Labute approximate surface area is 78.2 Å². The largest absolute Gasteiger partial charge is 0.465 e. The fourth-order valence-electron chi connectivity index (χ4n) is 1.14. The van der Waals surface area contributed by atoms with E-state index in [4.69, 9.17) is 9.47 Å². The number of ether oxygens (including phenoxy) is 2. The van der Waals surface area contributed by atoms with E-state index in [9.17, 15) is 9.59 Å². The highest BCUT2D eigenvalue weighted by atomic mass is 16.6. The molecule has 1 rings (SSSR count). The van der Waals surface area contributed by atoms with Gasteiger partial charge in [-0.25, -0.2) is 0 Å². The van der Waals surface area contributed by atoms with Gasteiger partial charge in [0, 0.05) is 0 Å². The highest BCUT2D eigenvalue weighted by Crippen LogP contribution is 2.16. The molecule has 0 aliphatic carbocycles. The lowest BCUT2D eigenvalue weighted by Gasteiger charge is -2.18. The Bertz CT molecular complexity index is 188. The number of carbonyl (C=O) groups excluding carboxylic acids is 2. The van der Waals surface area contributed by atoms with Crippen LogP contribution in [0.3, 0.4) is 0 Å². The minimum atomic E-state index is -0.682. The Balaban J connectivity index is 0.00000144. The summed E-state index contributed by atoms with van der Waals surface area (Å²) in [6.07, 6.45) is 1.30. The monoisotopic (exact) mass is 188 g/mol. The zero-order valence-electron chi connectivity index (χ0n) is 7.04. The smallest absolute Gasteiger partial charge is 0.320 e. The van der Waals surface area contributed by atoms with Gasteiger partial charge in [0.1, 0.15) is 0 Å². The van der Waals surface area contributed by atoms with Gasteiger partial charge in [-0.15, -0.1) is 0 Å². The van der Waals surface area contributed by atoms with Crippen LogP contribution < -0.4 is 0 Å². The average Bonchev–Trinajstić information content (AvgIpc) is 2.05. The predicted octanol–water partition coefficient (Wildman–Crippen LogP) is 1.14. The Kier molecular flexibility index (Phi) is 5.11. The Morgan fingerprint density at radius 1 is 1.69 bits per heavy atom. The molecule has 0 aromatic rings. The fraction of sp³-hybridized carbons (Fsp3) is 0.778. The number of hydrogen-bond acceptors (Lipinski definition) is 4. The van der Waals surface area contributed by atoms with Crippen LogP contribution in [0.4, 0.5) is 0 Å². The van der Waals surface area contributed by atoms with E-state index < -0.39 is 17.9 Å². The van der Waals surface area contributed by atoms with Crippen LogP contribution in [0.5, 0.6) is 0 Å². The number of hydrogen-bond donors (Lipinski definition) is 0. The molecular weight excluding hydrogens is 172 g/mol. The van der Waals surface area contributed by atoms with E-state index in [1.807, 2.05) is 0 Å². The molecule has 0 aromatic heterocycles. The molecule has 0 radical (unpaired) electrons. The summed E-state index contributed by atoms with van der Waals surface area (Å²) in [5.74, 6) is -1.58. The molecule has 13 heavy (non-hydrogen) atoms. The van der Waals surface area contributed by atoms with E-state index in [2.05, 4.69) is 0 Å². The Hall–Kier alpha value is -1.06. The minimum Gasteiger partial charge on any atom is -0.465 e. The third-order valence-electron chi connectivity index (χ3n) is 1.74. The Morgan fingerprint density at radius 3 is 2.92 bits per heavy atom. The standard InChI is InChI=1S/C8H12O4.CH4/c1-2-11-7(9)6-4-3-5-12-8(6)10;/h6H,2-5H2,1H3;1H4. The lowest BCUT2D eigenvalue weighted by Crippen LogP contribution is -2.32. The second kappa shape index (κ2) is 5.56. The SMILES string of the molecule is C.CCOC(=O)C1CCCOC1=O. The molecule has 0 aromatic carbocycles. The Morgan fingerprint density at radius 2 is 2.38 bits per heavy atom. The number of esters is 2. The van der Waals surface area contributed by atoms with E-state index in [0.29, 0.717) is 19.6 Å². The van der Waals surface area contributed by atoms with Crippen molar-refractivity contribution in [2.75, 3.05) is 13.2 Å². The van der Waals surface area contributed by atoms with Gasteiger partial charge in [-0.1, -0.05) is 7.43 Å². The van der Waals surface area contributed by atoms with Gasteiger partial charge < -0.3 is 9.47 Å². The normalized spacial score (nSPS) is 21.3. The van der Waals surface area contributed by atoms with Crippen molar-refractivity contribution in [1.29, 1.82) is 0 Å². The van der Waals surface area contributed by atoms with Gasteiger partial charge in [-0.05, 0) is 19.8 Å². The average molecular weight is 188 g/mol. The first-order valence-electron chi connectivity index (χ1n) is 4.09. The van der Waals surface area contributed by atoms with Gasteiger partial charge in [-0.3, -0.25) is 9.59 Å². The van der Waals surface area contributed by atoms with Crippen molar-refractivity contribution in [3.8, 4) is 0 Å². The molecule has 0 bridgehead atoms. The number of cyclic esters (lactones) is 1. The first-order valence-corrected chi connectivity index (χ1v) is 4.09. The van der Waals surface area contributed by atoms with Crippen molar-refractivity contribution in [3.05, 3.63) is 0 Å². The quantitative estimate of drug-likeness (QED) is 0.481. The van der Waals surface area contributed by atoms with Crippen LogP contribution in [0.2, 0.25) is 0 Å². The van der Waals surface area contributed by atoms with Crippen LogP contribution in [0.15, 0.2) is 0 Å². The van der Waals surface area contributed by atoms with Crippen LogP contribution >= 0.6 is 0 Å². The maximum atomic E-state index is 11.1. The first kappa shape index (κ1) is 11.9. The highest BCUT2D eigenvalue weighted by Gasteiger charge is 2.31. The lowest BCUT2D eigenvalue weighted by molar-refractivity contribution is -0.165. The van der Waals surface area contributed by atoms with Gasteiger partial charge in [0.2, 0.25) is 0 Å². The molecule has 1 heterocycles. The maximum absolute atomic E-state index is 11.1. The maximum Gasteiger partial charge on any atom is 0.320 e. The van der Waals surface area contributed by atoms with Gasteiger partial charge >= 0.3 is 11.9 Å². The molecule has 76 valence electrons. The van der Waals surface area contributed by atoms with E-state index >= 15 is 0 Å². The number of carbonyl (C=O) groups is 2. The molecule has 1 fully saturated rings. The fourth-order valence-corrected chi connectivity index (χ4v) is 1.14. The molecule has 1 aliphatic heterocycles. The zero-order valence-corrected chi connectivity index (χ0v) is 7.04. The van der Waals surface area contributed by atoms with Crippen molar-refractivity contribution >= 4 is 11.9 Å². The molecule has 1 atom stereocenters. The summed E-state index contributed by atoms with van der Waals surface area (Å²) in [7, 11) is 0. The lowest BCUT2D eigenvalue weighted by atomic mass is 10.0. The van der Waals surface area contributed by atoms with Gasteiger partial charge in [0.05, 0.1) is 13.2 Å². The third-order valence-corrected chi connectivity index (χ3v) is 1.74. The second-order valence-corrected chi connectivity index (χ2v) is 2.61. The molecular formula is C9H16O4. The first-order chi connectivity index (χ1) is 5.75. The molecule has 0 saturated carbocycles. The van der Waals surface area contributed by atoms with E-state index in [-0.39, 0.29) is 7.43 Å². The number of rotatable bonds is 2. The van der Waals surface area contributed by atoms with Crippen LogP contribution in [0, 0.1) is 5.92 Å². The molecule has 0 amide bonds. The van der Waals surface area contributed by atoms with Gasteiger partial charge in [0.25, 0.3) is 0 Å². The summed E-state index contributed by atoms with van der Waals surface area (Å²) < 4.78 is 9.43. The summed E-state index contributed by atoms with van der Waals surface area (Å²) >= 11 is 0. The van der Waals surface area contributed by atoms with Crippen LogP contribution in [-0.2, 0) is 19.1 Å². The summed E-state index contributed by atoms with van der Waals surface area (Å²) in [6.45, 7) is 2.45. The minimum absolute atomic E-state index is 0. The van der Waals surface area contributed by atoms with Crippen molar-refractivity contribution in [1.82, 2.24) is 0 Å². The molecule has 0 spiro atoms. The van der Waals surface area contributed by atoms with Crippen LogP contribution in [0.1, 0.15) is 27.2 Å². The second-order valence-electron chi connectivity index (χ2n) is 2.61. The third kappa shape index (κ3) is 3.05. The topological polar surface area (TPSA) is 52.6 Å². The van der Waals surface area contributed by atoms with Crippen molar-refractivity contribution < 1.29 is 19.1 Å². The molecule has 1 aliphatic rings. The molecule has 1 unspecified atom stereocenters. The van der Waals surface area contributed by atoms with Crippen molar-refractivity contribution in [2.45, 2.75) is 27.2 Å². The van der Waals surface area contributed by atoms with Crippen molar-refractivity contribution in [2.24, 2.45) is 5.92 Å². The molecule has 1 saturated heterocycles.